The second-order valence-corrected chi connectivity index (χ2v) is 5.78. The maximum Gasteiger partial charge on any atom is 0.230 e. The van der Waals surface area contributed by atoms with E-state index in [1.807, 2.05) is 4.90 Å². The van der Waals surface area contributed by atoms with E-state index in [2.05, 4.69) is 0 Å². The van der Waals surface area contributed by atoms with Gasteiger partial charge in [-0.2, -0.15) is 0 Å². The first-order chi connectivity index (χ1) is 9.22. The molecule has 1 saturated heterocycles. The van der Waals surface area contributed by atoms with Gasteiger partial charge < -0.3 is 20.5 Å². The van der Waals surface area contributed by atoms with E-state index in [0.29, 0.717) is 13.2 Å². The van der Waals surface area contributed by atoms with Crippen LogP contribution >= 0.6 is 0 Å². The molecule has 110 valence electrons. The second-order valence-electron chi connectivity index (χ2n) is 5.78. The molecular formula is C14H26N2O3. The predicted molar refractivity (Wildman–Crippen MR) is 72.6 cm³/mol. The lowest BCUT2D eigenvalue weighted by Crippen LogP contribution is -2.50. The number of likely N-dealkylation sites (tertiary alicyclic amines) is 1. The van der Waals surface area contributed by atoms with Gasteiger partial charge in [-0.15, -0.1) is 0 Å². The van der Waals surface area contributed by atoms with Crippen LogP contribution in [0.4, 0.5) is 0 Å². The molecule has 0 aromatic heterocycles. The Labute approximate surface area is 115 Å². The van der Waals surface area contributed by atoms with Crippen LogP contribution in [0.5, 0.6) is 0 Å². The van der Waals surface area contributed by atoms with Gasteiger partial charge in [-0.1, -0.05) is 12.8 Å². The number of ether oxygens (including phenoxy) is 1. The Balaban J connectivity index is 1.85. The van der Waals surface area contributed by atoms with E-state index < -0.39 is 0 Å². The fourth-order valence-corrected chi connectivity index (χ4v) is 3.34. The van der Waals surface area contributed by atoms with Gasteiger partial charge in [0, 0.05) is 19.6 Å². The SMILES string of the molecule is NCC1(C(=O)N2CCC(OCCO)CC2)CCCC1. The summed E-state index contributed by atoms with van der Waals surface area (Å²) in [6.07, 6.45) is 6.07. The van der Waals surface area contributed by atoms with Crippen LogP contribution in [-0.4, -0.2) is 54.9 Å². The maximum atomic E-state index is 12.6. The molecule has 0 spiro atoms. The Kier molecular flexibility index (Phi) is 5.19. The van der Waals surface area contributed by atoms with Gasteiger partial charge in [-0.3, -0.25) is 4.79 Å². The lowest BCUT2D eigenvalue weighted by molar-refractivity contribution is -0.144. The van der Waals surface area contributed by atoms with E-state index in [0.717, 1.165) is 51.6 Å². The van der Waals surface area contributed by atoms with Crippen molar-refractivity contribution in [1.29, 1.82) is 0 Å². The van der Waals surface area contributed by atoms with Gasteiger partial charge in [-0.25, -0.2) is 0 Å². The van der Waals surface area contributed by atoms with Crippen LogP contribution in [-0.2, 0) is 9.53 Å². The molecule has 2 aliphatic rings. The third-order valence-electron chi connectivity index (χ3n) is 4.58. The van der Waals surface area contributed by atoms with E-state index in [1.54, 1.807) is 0 Å². The van der Waals surface area contributed by atoms with Crippen LogP contribution in [0.2, 0.25) is 0 Å². The van der Waals surface area contributed by atoms with Crippen LogP contribution in [0.25, 0.3) is 0 Å². The molecule has 0 unspecified atom stereocenters. The van der Waals surface area contributed by atoms with Gasteiger partial charge in [0.2, 0.25) is 5.91 Å². The van der Waals surface area contributed by atoms with Gasteiger partial charge in [0.05, 0.1) is 24.7 Å². The Morgan fingerprint density at radius 2 is 1.95 bits per heavy atom. The Morgan fingerprint density at radius 1 is 1.32 bits per heavy atom. The molecule has 2 fully saturated rings. The molecule has 0 aromatic rings. The Hall–Kier alpha value is -0.650. The van der Waals surface area contributed by atoms with Crippen molar-refractivity contribution in [3.8, 4) is 0 Å². The summed E-state index contributed by atoms with van der Waals surface area (Å²) in [4.78, 5) is 14.6. The average molecular weight is 270 g/mol. The number of carbonyl (C=O) groups is 1. The Morgan fingerprint density at radius 3 is 2.47 bits per heavy atom. The van der Waals surface area contributed by atoms with Gasteiger partial charge in [0.25, 0.3) is 0 Å². The van der Waals surface area contributed by atoms with Gasteiger partial charge in [0.1, 0.15) is 0 Å². The molecule has 1 aliphatic carbocycles. The number of carbonyl (C=O) groups excluding carboxylic acids is 1. The van der Waals surface area contributed by atoms with E-state index in [4.69, 9.17) is 15.6 Å². The number of nitrogens with two attached hydrogens (primary N) is 1. The quantitative estimate of drug-likeness (QED) is 0.763. The summed E-state index contributed by atoms with van der Waals surface area (Å²) < 4.78 is 5.52. The van der Waals surface area contributed by atoms with Crippen molar-refractivity contribution >= 4 is 5.91 Å². The van der Waals surface area contributed by atoms with E-state index in [9.17, 15) is 4.79 Å². The standard InChI is InChI=1S/C14H26N2O3/c15-11-14(5-1-2-6-14)13(18)16-7-3-12(4-8-16)19-10-9-17/h12,17H,1-11,15H2. The first-order valence-electron chi connectivity index (χ1n) is 7.44. The molecule has 1 amide bonds. The highest BCUT2D eigenvalue weighted by atomic mass is 16.5. The van der Waals surface area contributed by atoms with E-state index in [-0.39, 0.29) is 24.0 Å². The van der Waals surface area contributed by atoms with Crippen molar-refractivity contribution in [2.45, 2.75) is 44.6 Å². The molecule has 0 atom stereocenters. The molecule has 0 bridgehead atoms. The number of rotatable bonds is 5. The smallest absolute Gasteiger partial charge is 0.230 e. The number of piperidine rings is 1. The van der Waals surface area contributed by atoms with Crippen molar-refractivity contribution in [1.82, 2.24) is 4.90 Å². The summed E-state index contributed by atoms with van der Waals surface area (Å²) >= 11 is 0. The third-order valence-corrected chi connectivity index (χ3v) is 4.58. The predicted octanol–water partition coefficient (Wildman–Crippen LogP) is 0.505. The van der Waals surface area contributed by atoms with Crippen molar-refractivity contribution in [2.24, 2.45) is 11.1 Å². The molecule has 3 N–H and O–H groups in total. The van der Waals surface area contributed by atoms with Gasteiger partial charge >= 0.3 is 0 Å². The van der Waals surface area contributed by atoms with Crippen molar-refractivity contribution in [3.63, 3.8) is 0 Å². The first-order valence-corrected chi connectivity index (χ1v) is 7.44. The molecule has 5 heteroatoms. The summed E-state index contributed by atoms with van der Waals surface area (Å²) in [5.74, 6) is 0.258. The summed E-state index contributed by atoms with van der Waals surface area (Å²) in [6, 6.07) is 0. The zero-order valence-corrected chi connectivity index (χ0v) is 11.6. The largest absolute Gasteiger partial charge is 0.394 e. The zero-order valence-electron chi connectivity index (χ0n) is 11.6. The van der Waals surface area contributed by atoms with Crippen LogP contribution < -0.4 is 5.73 Å². The molecule has 0 aromatic carbocycles. The lowest BCUT2D eigenvalue weighted by atomic mass is 9.84. The van der Waals surface area contributed by atoms with Crippen LogP contribution in [0, 0.1) is 5.41 Å². The summed E-state index contributed by atoms with van der Waals surface area (Å²) in [6.45, 7) is 2.46. The summed E-state index contributed by atoms with van der Waals surface area (Å²) in [7, 11) is 0. The number of hydrogen-bond donors (Lipinski definition) is 2. The molecule has 0 radical (unpaired) electrons. The Bertz CT molecular complexity index is 295. The third kappa shape index (κ3) is 3.27. The van der Waals surface area contributed by atoms with Crippen molar-refractivity contribution < 1.29 is 14.6 Å². The molecule has 19 heavy (non-hydrogen) atoms. The lowest BCUT2D eigenvalue weighted by Gasteiger charge is -2.37. The normalized spacial score (nSPS) is 23.8. The molecule has 2 rings (SSSR count). The first kappa shape index (κ1) is 14.8. The van der Waals surface area contributed by atoms with Gasteiger partial charge in [-0.05, 0) is 25.7 Å². The molecular weight excluding hydrogens is 244 g/mol. The summed E-state index contributed by atoms with van der Waals surface area (Å²) in [5.41, 5.74) is 5.59. The monoisotopic (exact) mass is 270 g/mol. The molecule has 1 saturated carbocycles. The summed E-state index contributed by atoms with van der Waals surface area (Å²) in [5, 5.41) is 8.74. The highest BCUT2D eigenvalue weighted by Crippen LogP contribution is 2.39. The van der Waals surface area contributed by atoms with Crippen LogP contribution in [0.3, 0.4) is 0 Å². The van der Waals surface area contributed by atoms with Crippen molar-refractivity contribution in [3.05, 3.63) is 0 Å². The number of amides is 1. The van der Waals surface area contributed by atoms with Crippen LogP contribution in [0.15, 0.2) is 0 Å². The fraction of sp³-hybridized carbons (Fsp3) is 0.929. The second kappa shape index (κ2) is 6.68. The number of nitrogens with zero attached hydrogens (tertiary/aromatic N) is 1. The zero-order chi connectivity index (χ0) is 13.7. The number of aliphatic hydroxyl groups is 1. The van der Waals surface area contributed by atoms with Crippen LogP contribution in [0.1, 0.15) is 38.5 Å². The molecule has 1 heterocycles. The molecule has 1 aliphatic heterocycles. The van der Waals surface area contributed by atoms with Gasteiger partial charge in [0.15, 0.2) is 0 Å². The van der Waals surface area contributed by atoms with E-state index in [1.165, 1.54) is 0 Å². The highest BCUT2D eigenvalue weighted by Gasteiger charge is 2.42. The highest BCUT2D eigenvalue weighted by molar-refractivity contribution is 5.83. The topological polar surface area (TPSA) is 75.8 Å². The minimum atomic E-state index is -0.279. The molecule has 5 nitrogen and oxygen atoms in total. The maximum absolute atomic E-state index is 12.6. The minimum Gasteiger partial charge on any atom is -0.394 e. The minimum absolute atomic E-state index is 0.0649. The average Bonchev–Trinajstić information content (AvgIpc) is 2.95. The number of hydrogen-bond acceptors (Lipinski definition) is 4. The van der Waals surface area contributed by atoms with Crippen molar-refractivity contribution in [2.75, 3.05) is 32.8 Å². The number of aliphatic hydroxyl groups excluding tert-OH is 1. The van der Waals surface area contributed by atoms with E-state index >= 15 is 0 Å². The fourth-order valence-electron chi connectivity index (χ4n) is 3.34.